The second kappa shape index (κ2) is 3.28. The van der Waals surface area contributed by atoms with E-state index in [1.165, 1.54) is 6.33 Å². The van der Waals surface area contributed by atoms with Crippen molar-refractivity contribution < 1.29 is 0 Å². The van der Waals surface area contributed by atoms with Crippen LogP contribution in [0.25, 0.3) is 10.4 Å². The summed E-state index contributed by atoms with van der Waals surface area (Å²) in [7, 11) is 0. The van der Waals surface area contributed by atoms with Crippen LogP contribution in [0.1, 0.15) is 0 Å². The fraction of sp³-hybridized carbons (Fsp3) is 0. The predicted octanol–water partition coefficient (Wildman–Crippen LogP) is 2.36. The minimum Gasteiger partial charge on any atom is -0.244 e. The highest BCUT2D eigenvalue weighted by molar-refractivity contribution is 9.11. The van der Waals surface area contributed by atoms with Gasteiger partial charge in [-0.05, 0) is 15.9 Å². The van der Waals surface area contributed by atoms with Crippen molar-refractivity contribution in [1.82, 2.24) is 15.0 Å². The average molecular weight is 242 g/mol. The molecule has 12 heavy (non-hydrogen) atoms. The Morgan fingerprint density at radius 2 is 1.92 bits per heavy atom. The summed E-state index contributed by atoms with van der Waals surface area (Å²) in [6.45, 7) is 0. The van der Waals surface area contributed by atoms with Gasteiger partial charge >= 0.3 is 0 Å². The van der Waals surface area contributed by atoms with Gasteiger partial charge in [-0.2, -0.15) is 0 Å². The van der Waals surface area contributed by atoms with Gasteiger partial charge in [-0.3, -0.25) is 0 Å². The monoisotopic (exact) mass is 241 g/mol. The molecule has 3 nitrogen and oxygen atoms in total. The van der Waals surface area contributed by atoms with Gasteiger partial charge in [0.05, 0.1) is 4.88 Å². The molecule has 2 aromatic rings. The summed E-state index contributed by atoms with van der Waals surface area (Å²) in [4.78, 5) is 13.0. The Kier molecular flexibility index (Phi) is 2.14. The third kappa shape index (κ3) is 1.51. The van der Waals surface area contributed by atoms with E-state index in [1.54, 1.807) is 29.9 Å². The van der Waals surface area contributed by atoms with Crippen LogP contribution < -0.4 is 0 Å². The maximum absolute atomic E-state index is 4.07. The van der Waals surface area contributed by atoms with Gasteiger partial charge in [-0.1, -0.05) is 0 Å². The van der Waals surface area contributed by atoms with Gasteiger partial charge < -0.3 is 0 Å². The molecule has 0 bridgehead atoms. The Morgan fingerprint density at radius 1 is 1.17 bits per heavy atom. The molecule has 0 atom stereocenters. The van der Waals surface area contributed by atoms with E-state index in [1.807, 2.05) is 0 Å². The summed E-state index contributed by atoms with van der Waals surface area (Å²) in [5.41, 5.74) is 1.00. The molecule has 0 fully saturated rings. The van der Waals surface area contributed by atoms with Crippen molar-refractivity contribution in [3.8, 4) is 10.4 Å². The van der Waals surface area contributed by atoms with Gasteiger partial charge in [0.15, 0.2) is 3.92 Å². The van der Waals surface area contributed by atoms with E-state index >= 15 is 0 Å². The number of nitrogens with zero attached hydrogens (tertiary/aromatic N) is 3. The minimum absolute atomic E-state index is 0.876. The molecule has 2 heterocycles. The zero-order chi connectivity index (χ0) is 8.39. The Morgan fingerprint density at radius 3 is 2.50 bits per heavy atom. The highest BCUT2D eigenvalue weighted by Crippen LogP contribution is 2.27. The Labute approximate surface area is 81.7 Å². The standard InChI is InChI=1S/C7H4BrN3S/c8-7-11-3-6(12-7)5-1-9-4-10-2-5/h1-4H. The smallest absolute Gasteiger partial charge is 0.159 e. The maximum atomic E-state index is 4.07. The molecule has 2 aromatic heterocycles. The molecule has 2 rings (SSSR count). The van der Waals surface area contributed by atoms with Crippen molar-refractivity contribution >= 4 is 27.3 Å². The van der Waals surface area contributed by atoms with E-state index < -0.39 is 0 Å². The molecular formula is C7H4BrN3S. The fourth-order valence-electron chi connectivity index (χ4n) is 0.813. The summed E-state index contributed by atoms with van der Waals surface area (Å²) >= 11 is 4.86. The third-order valence-electron chi connectivity index (χ3n) is 1.32. The molecular weight excluding hydrogens is 238 g/mol. The van der Waals surface area contributed by atoms with Crippen LogP contribution in [0.3, 0.4) is 0 Å². The van der Waals surface area contributed by atoms with Crippen LogP contribution >= 0.6 is 27.3 Å². The van der Waals surface area contributed by atoms with Gasteiger partial charge in [0.2, 0.25) is 0 Å². The molecule has 0 saturated heterocycles. The first kappa shape index (κ1) is 7.82. The normalized spacial score (nSPS) is 10.1. The van der Waals surface area contributed by atoms with Gasteiger partial charge in [0, 0.05) is 24.2 Å². The highest BCUT2D eigenvalue weighted by atomic mass is 79.9. The van der Waals surface area contributed by atoms with Gasteiger partial charge in [-0.15, -0.1) is 11.3 Å². The van der Waals surface area contributed by atoms with Crippen molar-refractivity contribution in [3.63, 3.8) is 0 Å². The number of rotatable bonds is 1. The molecule has 5 heteroatoms. The van der Waals surface area contributed by atoms with Crippen LogP contribution in [0.4, 0.5) is 0 Å². The van der Waals surface area contributed by atoms with Crippen molar-refractivity contribution in [2.75, 3.05) is 0 Å². The van der Waals surface area contributed by atoms with Crippen molar-refractivity contribution in [2.24, 2.45) is 0 Å². The lowest BCUT2D eigenvalue weighted by Gasteiger charge is -1.90. The van der Waals surface area contributed by atoms with E-state index in [0.29, 0.717) is 0 Å². The van der Waals surface area contributed by atoms with Gasteiger partial charge in [0.25, 0.3) is 0 Å². The fourth-order valence-corrected chi connectivity index (χ4v) is 2.05. The summed E-state index contributed by atoms with van der Waals surface area (Å²) in [6.07, 6.45) is 6.85. The van der Waals surface area contributed by atoms with Crippen LogP contribution in [0.2, 0.25) is 0 Å². The molecule has 0 aliphatic rings. The van der Waals surface area contributed by atoms with E-state index in [4.69, 9.17) is 0 Å². The molecule has 0 spiro atoms. The van der Waals surface area contributed by atoms with Crippen LogP contribution in [0.5, 0.6) is 0 Å². The van der Waals surface area contributed by atoms with Gasteiger partial charge in [-0.25, -0.2) is 15.0 Å². The Hall–Kier alpha value is -0.810. The first-order chi connectivity index (χ1) is 5.86. The zero-order valence-corrected chi connectivity index (χ0v) is 8.34. The molecule has 0 N–H and O–H groups in total. The molecule has 0 saturated carbocycles. The van der Waals surface area contributed by atoms with Crippen LogP contribution in [-0.4, -0.2) is 15.0 Å². The number of aromatic nitrogens is 3. The number of thiazole rings is 1. The van der Waals surface area contributed by atoms with Crippen LogP contribution in [-0.2, 0) is 0 Å². The summed E-state index contributed by atoms with van der Waals surface area (Å²) in [5, 5.41) is 0. The second-order valence-electron chi connectivity index (χ2n) is 2.10. The first-order valence-corrected chi connectivity index (χ1v) is 4.84. The molecule has 0 aromatic carbocycles. The quantitative estimate of drug-likeness (QED) is 0.770. The molecule has 0 aliphatic heterocycles. The van der Waals surface area contributed by atoms with E-state index in [0.717, 1.165) is 14.4 Å². The number of hydrogen-bond donors (Lipinski definition) is 0. The molecule has 0 radical (unpaired) electrons. The Bertz CT molecular complexity index is 373. The zero-order valence-electron chi connectivity index (χ0n) is 5.94. The molecule has 0 aliphatic carbocycles. The summed E-state index contributed by atoms with van der Waals surface area (Å²) < 4.78 is 0.876. The average Bonchev–Trinajstić information content (AvgIpc) is 2.54. The topological polar surface area (TPSA) is 38.7 Å². The highest BCUT2D eigenvalue weighted by Gasteiger charge is 2.01. The van der Waals surface area contributed by atoms with Gasteiger partial charge in [0.1, 0.15) is 6.33 Å². The maximum Gasteiger partial charge on any atom is 0.159 e. The Balaban J connectivity index is 2.45. The van der Waals surface area contributed by atoms with Crippen molar-refractivity contribution in [1.29, 1.82) is 0 Å². The molecule has 0 amide bonds. The SMILES string of the molecule is Brc1ncc(-c2cncnc2)s1. The lowest BCUT2D eigenvalue weighted by atomic mass is 10.3. The molecule has 0 unspecified atom stereocenters. The first-order valence-electron chi connectivity index (χ1n) is 3.23. The summed E-state index contributed by atoms with van der Waals surface area (Å²) in [5.74, 6) is 0. The lowest BCUT2D eigenvalue weighted by molar-refractivity contribution is 1.17. The summed E-state index contributed by atoms with van der Waals surface area (Å²) in [6, 6.07) is 0. The van der Waals surface area contributed by atoms with Crippen molar-refractivity contribution in [2.45, 2.75) is 0 Å². The lowest BCUT2D eigenvalue weighted by Crippen LogP contribution is -1.77. The van der Waals surface area contributed by atoms with Crippen LogP contribution in [0, 0.1) is 0 Å². The van der Waals surface area contributed by atoms with Crippen molar-refractivity contribution in [3.05, 3.63) is 28.8 Å². The van der Waals surface area contributed by atoms with Crippen LogP contribution in [0.15, 0.2) is 28.8 Å². The third-order valence-corrected chi connectivity index (χ3v) is 2.85. The number of hydrogen-bond acceptors (Lipinski definition) is 4. The molecule has 60 valence electrons. The predicted molar refractivity (Wildman–Crippen MR) is 50.8 cm³/mol. The minimum atomic E-state index is 0.876. The van der Waals surface area contributed by atoms with E-state index in [2.05, 4.69) is 30.9 Å². The van der Waals surface area contributed by atoms with E-state index in [9.17, 15) is 0 Å². The van der Waals surface area contributed by atoms with E-state index in [-0.39, 0.29) is 0 Å². The second-order valence-corrected chi connectivity index (χ2v) is 4.41. The number of halogens is 1. The largest absolute Gasteiger partial charge is 0.244 e.